The van der Waals surface area contributed by atoms with Crippen molar-refractivity contribution < 1.29 is 29.8 Å². The lowest BCUT2D eigenvalue weighted by Gasteiger charge is -2.14. The minimum atomic E-state index is -1.52. The fourth-order valence-electron chi connectivity index (χ4n) is 1.23. The Labute approximate surface area is 108 Å². The van der Waals surface area contributed by atoms with Crippen LogP contribution in [0.2, 0.25) is 0 Å². The Bertz CT molecular complexity index is 512. The first-order valence-electron chi connectivity index (χ1n) is 5.00. The lowest BCUT2D eigenvalue weighted by atomic mass is 10.2. The zero-order valence-corrected chi connectivity index (χ0v) is 9.86. The maximum Gasteiger partial charge on any atom is 0.248 e. The van der Waals surface area contributed by atoms with Gasteiger partial charge < -0.3 is 20.0 Å². The summed E-state index contributed by atoms with van der Waals surface area (Å²) in [5.41, 5.74) is -0.0895. The molecular formula is C11H11N2O6-. The SMILES string of the molecule is COc1ccc(NC(=O)C=CC(=O)[O-])c(N(O)O)c1. The van der Waals surface area contributed by atoms with Crippen molar-refractivity contribution in [2.75, 3.05) is 17.7 Å². The summed E-state index contributed by atoms with van der Waals surface area (Å²) in [6, 6.07) is 4.10. The van der Waals surface area contributed by atoms with Crippen molar-refractivity contribution in [3.8, 4) is 5.75 Å². The summed E-state index contributed by atoms with van der Waals surface area (Å²) < 4.78 is 4.88. The molecule has 0 unspecified atom stereocenters. The first kappa shape index (κ1) is 14.5. The average molecular weight is 267 g/mol. The molecule has 19 heavy (non-hydrogen) atoms. The van der Waals surface area contributed by atoms with Gasteiger partial charge in [-0.3, -0.25) is 15.2 Å². The minimum absolute atomic E-state index is 0.0544. The second kappa shape index (κ2) is 6.38. The number of ether oxygens (including phenoxy) is 1. The number of anilines is 2. The van der Waals surface area contributed by atoms with E-state index in [9.17, 15) is 14.7 Å². The highest BCUT2D eigenvalue weighted by molar-refractivity contribution is 6.03. The average Bonchev–Trinajstić information content (AvgIpc) is 2.36. The van der Waals surface area contributed by atoms with Crippen molar-refractivity contribution in [1.29, 1.82) is 0 Å². The van der Waals surface area contributed by atoms with Gasteiger partial charge in [-0.15, -0.1) is 5.23 Å². The Balaban J connectivity index is 2.94. The van der Waals surface area contributed by atoms with Gasteiger partial charge in [0.05, 0.1) is 18.8 Å². The molecule has 1 aromatic carbocycles. The fourth-order valence-corrected chi connectivity index (χ4v) is 1.23. The molecule has 0 aliphatic rings. The Kier molecular flexibility index (Phi) is 4.86. The molecule has 8 heteroatoms. The molecule has 0 aromatic heterocycles. The van der Waals surface area contributed by atoms with Gasteiger partial charge in [0.2, 0.25) is 5.91 Å². The molecule has 1 aromatic rings. The lowest BCUT2D eigenvalue weighted by molar-refractivity contribution is -0.297. The van der Waals surface area contributed by atoms with E-state index in [2.05, 4.69) is 5.32 Å². The highest BCUT2D eigenvalue weighted by Gasteiger charge is 2.10. The fraction of sp³-hybridized carbons (Fsp3) is 0.0909. The summed E-state index contributed by atoms with van der Waals surface area (Å²) in [6.07, 6.45) is 1.29. The second-order valence-electron chi connectivity index (χ2n) is 3.31. The second-order valence-corrected chi connectivity index (χ2v) is 3.31. The van der Waals surface area contributed by atoms with E-state index in [-0.39, 0.29) is 16.6 Å². The van der Waals surface area contributed by atoms with Crippen molar-refractivity contribution in [3.05, 3.63) is 30.4 Å². The number of hydrogen-bond acceptors (Lipinski definition) is 7. The molecule has 0 saturated carbocycles. The molecule has 0 heterocycles. The van der Waals surface area contributed by atoms with Crippen LogP contribution in [0.3, 0.4) is 0 Å². The van der Waals surface area contributed by atoms with Gasteiger partial charge in [0.1, 0.15) is 11.4 Å². The zero-order chi connectivity index (χ0) is 14.4. The summed E-state index contributed by atoms with van der Waals surface area (Å²) >= 11 is 0. The Morgan fingerprint density at radius 2 is 2.05 bits per heavy atom. The first-order chi connectivity index (χ1) is 8.93. The number of carbonyl (C=O) groups is 2. The van der Waals surface area contributed by atoms with Crippen molar-refractivity contribution in [1.82, 2.24) is 0 Å². The van der Waals surface area contributed by atoms with Crippen LogP contribution in [0.1, 0.15) is 0 Å². The zero-order valence-electron chi connectivity index (χ0n) is 9.86. The van der Waals surface area contributed by atoms with E-state index in [0.29, 0.717) is 11.8 Å². The van der Waals surface area contributed by atoms with Crippen LogP contribution in [0.4, 0.5) is 11.4 Å². The van der Waals surface area contributed by atoms with E-state index in [1.807, 2.05) is 0 Å². The standard InChI is InChI=1S/C11H12N2O6/c1-19-7-2-3-8(9(6-7)13(17)18)12-10(14)4-5-11(15)16/h2-6,17-18H,1H3,(H,12,14)(H,15,16)/p-1. The third kappa shape index (κ3) is 4.30. The normalized spacial score (nSPS) is 10.3. The number of carbonyl (C=O) groups excluding carboxylic acids is 2. The summed E-state index contributed by atoms with van der Waals surface area (Å²) in [5.74, 6) is -1.94. The molecule has 0 radical (unpaired) electrons. The maximum absolute atomic E-state index is 11.3. The highest BCUT2D eigenvalue weighted by atomic mass is 16.8. The van der Waals surface area contributed by atoms with Crippen molar-refractivity contribution in [2.45, 2.75) is 0 Å². The van der Waals surface area contributed by atoms with Gasteiger partial charge in [0, 0.05) is 12.1 Å². The number of nitrogens with one attached hydrogen (secondary N) is 1. The number of rotatable bonds is 5. The van der Waals surface area contributed by atoms with Gasteiger partial charge in [0.25, 0.3) is 0 Å². The predicted molar refractivity (Wildman–Crippen MR) is 61.8 cm³/mol. The summed E-state index contributed by atoms with van der Waals surface area (Å²) in [5, 5.41) is 30.2. The molecule has 0 fully saturated rings. The van der Waals surface area contributed by atoms with Gasteiger partial charge in [-0.25, -0.2) is 0 Å². The number of nitrogens with zero attached hydrogens (tertiary/aromatic N) is 1. The molecule has 1 rings (SSSR count). The van der Waals surface area contributed by atoms with E-state index in [1.165, 1.54) is 25.3 Å². The molecule has 102 valence electrons. The topological polar surface area (TPSA) is 122 Å². The van der Waals surface area contributed by atoms with Crippen LogP contribution in [0.15, 0.2) is 30.4 Å². The largest absolute Gasteiger partial charge is 0.545 e. The molecule has 0 aliphatic carbocycles. The Hall–Kier alpha value is -2.58. The van der Waals surface area contributed by atoms with Gasteiger partial charge >= 0.3 is 0 Å². The van der Waals surface area contributed by atoms with Crippen LogP contribution in [-0.2, 0) is 9.59 Å². The lowest BCUT2D eigenvalue weighted by Crippen LogP contribution is -2.20. The van der Waals surface area contributed by atoms with E-state index < -0.39 is 11.9 Å². The summed E-state index contributed by atoms with van der Waals surface area (Å²) in [4.78, 5) is 21.5. The van der Waals surface area contributed by atoms with E-state index >= 15 is 0 Å². The van der Waals surface area contributed by atoms with E-state index in [0.717, 1.165) is 6.08 Å². The third-order valence-electron chi connectivity index (χ3n) is 2.05. The molecule has 8 nitrogen and oxygen atoms in total. The molecular weight excluding hydrogens is 256 g/mol. The number of benzene rings is 1. The monoisotopic (exact) mass is 267 g/mol. The van der Waals surface area contributed by atoms with Crippen molar-refractivity contribution >= 4 is 23.3 Å². The van der Waals surface area contributed by atoms with Crippen LogP contribution in [-0.4, -0.2) is 29.4 Å². The highest BCUT2D eigenvalue weighted by Crippen LogP contribution is 2.28. The third-order valence-corrected chi connectivity index (χ3v) is 2.05. The smallest absolute Gasteiger partial charge is 0.248 e. The molecule has 0 aliphatic heterocycles. The van der Waals surface area contributed by atoms with E-state index in [4.69, 9.17) is 15.2 Å². The molecule has 0 saturated heterocycles. The molecule has 3 N–H and O–H groups in total. The quantitative estimate of drug-likeness (QED) is 0.486. The van der Waals surface area contributed by atoms with Gasteiger partial charge in [-0.2, -0.15) is 0 Å². The molecule has 0 atom stereocenters. The number of amides is 1. The Morgan fingerprint density at radius 3 is 2.58 bits per heavy atom. The van der Waals surface area contributed by atoms with Crippen LogP contribution in [0.5, 0.6) is 5.75 Å². The number of aliphatic carboxylic acids is 1. The molecule has 0 bridgehead atoms. The maximum atomic E-state index is 11.3. The van der Waals surface area contributed by atoms with Gasteiger partial charge in [-0.05, 0) is 18.2 Å². The number of carboxylic acid groups (broad SMARTS) is 1. The number of carboxylic acids is 1. The van der Waals surface area contributed by atoms with E-state index in [1.54, 1.807) is 0 Å². The van der Waals surface area contributed by atoms with Crippen molar-refractivity contribution in [3.63, 3.8) is 0 Å². The van der Waals surface area contributed by atoms with Gasteiger partial charge in [0.15, 0.2) is 0 Å². The first-order valence-corrected chi connectivity index (χ1v) is 5.00. The Morgan fingerprint density at radius 1 is 1.37 bits per heavy atom. The van der Waals surface area contributed by atoms with Crippen LogP contribution >= 0.6 is 0 Å². The number of methoxy groups -OCH3 is 1. The summed E-state index contributed by atoms with van der Waals surface area (Å²) in [7, 11) is 1.39. The van der Waals surface area contributed by atoms with Crippen molar-refractivity contribution in [2.24, 2.45) is 0 Å². The van der Waals surface area contributed by atoms with Crippen LogP contribution in [0, 0.1) is 0 Å². The van der Waals surface area contributed by atoms with Crippen LogP contribution in [0.25, 0.3) is 0 Å². The van der Waals surface area contributed by atoms with Gasteiger partial charge in [-0.1, -0.05) is 0 Å². The summed E-state index contributed by atoms with van der Waals surface area (Å²) in [6.45, 7) is 0. The molecule has 1 amide bonds. The predicted octanol–water partition coefficient (Wildman–Crippen LogP) is -0.475. The van der Waals surface area contributed by atoms with Crippen LogP contribution < -0.4 is 20.4 Å². The minimum Gasteiger partial charge on any atom is -0.545 e. The number of hydrogen-bond donors (Lipinski definition) is 3. The molecule has 0 spiro atoms.